The SMILES string of the molecule is [Co+3].[Co+3].[O-][Cl+3]([O-])([O-])[O-].[O-][Cl+3]([O-])([O-])[O-].[O-]c1c(Br)cc(Br)cc1C=NCCCNC1CCCCC1.[O-]c1c(Br)cc(Br)cc1C=NCCCNC1CCCCC1.[O-]c1c(Br)cc(Br)cc1C=NCCCNC1CCCCC1.[O-]c1c(Br)cc(Br)cc1C=NCCCNC1CCCCC1. The smallest absolute Gasteiger partial charge is 0.871 e. The Balaban J connectivity index is 0.000000605. The second-order valence-electron chi connectivity index (χ2n) is 22.7. The quantitative estimate of drug-likeness (QED) is 0.0427. The summed E-state index contributed by atoms with van der Waals surface area (Å²) in [5.74, 6) is -0.0471. The van der Waals surface area contributed by atoms with Crippen LogP contribution in [-0.4, -0.2) is 101 Å². The molecule has 4 aromatic rings. The van der Waals surface area contributed by atoms with Crippen molar-refractivity contribution in [1.82, 2.24) is 21.3 Å². The van der Waals surface area contributed by atoms with Gasteiger partial charge in [-0.05, 0) is 174 Å². The largest absolute Gasteiger partial charge is 3.00 e. The van der Waals surface area contributed by atoms with E-state index in [1.54, 1.807) is 73.4 Å². The Morgan fingerprint density at radius 3 is 0.646 bits per heavy atom. The summed E-state index contributed by atoms with van der Waals surface area (Å²) in [5, 5.41) is 61.9. The summed E-state index contributed by atoms with van der Waals surface area (Å²) in [6.07, 6.45) is 37.7. The molecule has 20 nitrogen and oxygen atoms in total. The third kappa shape index (κ3) is 46.4. The van der Waals surface area contributed by atoms with E-state index in [0.29, 0.717) is 64.3 Å². The minimum Gasteiger partial charge on any atom is -0.871 e. The zero-order chi connectivity index (χ0) is 69.3. The molecule has 0 aliphatic heterocycles. The summed E-state index contributed by atoms with van der Waals surface area (Å²) in [7, 11) is -9.89. The van der Waals surface area contributed by atoms with Crippen molar-refractivity contribution in [2.75, 3.05) is 52.4 Å². The van der Waals surface area contributed by atoms with Crippen LogP contribution < -0.4 is 79.0 Å². The fraction of sp³-hybridized carbons (Fsp3) is 0.562. The molecule has 8 rings (SSSR count). The molecule has 4 saturated carbocycles. The molecule has 0 bridgehead atoms. The Hall–Kier alpha value is -0.287. The van der Waals surface area contributed by atoms with E-state index in [4.69, 9.17) is 37.3 Å². The summed E-state index contributed by atoms with van der Waals surface area (Å²) in [6.45, 7) is 7.05. The Bertz CT molecular complexity index is 2530. The van der Waals surface area contributed by atoms with Crippen molar-refractivity contribution in [2.24, 2.45) is 20.0 Å². The maximum absolute atomic E-state index is 11.9. The van der Waals surface area contributed by atoms with E-state index in [2.05, 4.69) is 169 Å². The van der Waals surface area contributed by atoms with Gasteiger partial charge in [0.2, 0.25) is 0 Å². The van der Waals surface area contributed by atoms with Gasteiger partial charge < -0.3 is 41.7 Å². The molecule has 0 saturated heterocycles. The molecule has 4 N–H and O–H groups in total. The summed E-state index contributed by atoms with van der Waals surface area (Å²) in [4.78, 5) is 17.4. The summed E-state index contributed by atoms with van der Waals surface area (Å²) in [6, 6.07) is 17.1. The van der Waals surface area contributed by atoms with E-state index in [1.165, 1.54) is 128 Å². The van der Waals surface area contributed by atoms with Gasteiger partial charge in [-0.3, -0.25) is 20.0 Å². The number of nitrogens with zero attached hydrogens (tertiary/aromatic N) is 4. The van der Waals surface area contributed by atoms with Gasteiger partial charge >= 0.3 is 33.6 Å². The first-order chi connectivity index (χ1) is 44.7. The first-order valence-electron chi connectivity index (χ1n) is 31.5. The van der Waals surface area contributed by atoms with Crippen molar-refractivity contribution in [3.63, 3.8) is 0 Å². The van der Waals surface area contributed by atoms with Crippen molar-refractivity contribution in [2.45, 2.75) is 178 Å². The van der Waals surface area contributed by atoms with Crippen molar-refractivity contribution in [1.29, 1.82) is 0 Å². The van der Waals surface area contributed by atoms with Gasteiger partial charge in [0, 0.05) is 111 Å². The molecule has 0 heterocycles. The van der Waals surface area contributed by atoms with E-state index in [-0.39, 0.29) is 56.6 Å². The molecule has 4 aliphatic carbocycles. The Kier molecular flexibility index (Phi) is 53.1. The van der Waals surface area contributed by atoms with Gasteiger partial charge in [0.1, 0.15) is 0 Å². The molecule has 4 fully saturated rings. The third-order valence-corrected chi connectivity index (χ3v) is 19.3. The molecule has 0 aromatic heterocycles. The molecule has 0 radical (unpaired) electrons. The Morgan fingerprint density at radius 1 is 0.312 bits per heavy atom. The maximum atomic E-state index is 11.9. The second kappa shape index (κ2) is 54.3. The van der Waals surface area contributed by atoms with Crippen LogP contribution in [0.3, 0.4) is 0 Å². The molecule has 540 valence electrons. The predicted octanol–water partition coefficient (Wildman–Crippen LogP) is 6.55. The van der Waals surface area contributed by atoms with E-state index in [0.717, 1.165) is 95.9 Å². The van der Waals surface area contributed by atoms with Crippen LogP contribution in [0.2, 0.25) is 0 Å². The number of hydrogen-bond donors (Lipinski definition) is 4. The molecular weight excluding hydrogens is 1900 g/mol. The van der Waals surface area contributed by atoms with Crippen molar-refractivity contribution in [3.8, 4) is 23.0 Å². The second-order valence-corrected chi connectivity index (χ2v) is 31.3. The number of nitrogens with one attached hydrogen (secondary N) is 4. The van der Waals surface area contributed by atoms with Crippen molar-refractivity contribution in [3.05, 3.63) is 107 Å². The van der Waals surface area contributed by atoms with Crippen LogP contribution in [-0.2, 0) is 33.6 Å². The first kappa shape index (κ1) is 93.7. The van der Waals surface area contributed by atoms with Gasteiger partial charge in [0.25, 0.3) is 0 Å². The van der Waals surface area contributed by atoms with E-state index in [1.807, 2.05) is 0 Å². The Labute approximate surface area is 658 Å². The number of hydrogen-bond acceptors (Lipinski definition) is 20. The topological polar surface area (TPSA) is 374 Å². The van der Waals surface area contributed by atoms with Crippen LogP contribution in [0.15, 0.2) is 104 Å². The monoisotopic (exact) mass is 1980 g/mol. The molecule has 4 aliphatic rings. The number of benzene rings is 4. The Morgan fingerprint density at radius 2 is 0.479 bits per heavy atom. The van der Waals surface area contributed by atoms with Crippen LogP contribution >= 0.6 is 127 Å². The van der Waals surface area contributed by atoms with Crippen LogP contribution in [0.4, 0.5) is 0 Å². The van der Waals surface area contributed by atoms with E-state index in [9.17, 15) is 20.4 Å². The molecule has 0 atom stereocenters. The van der Waals surface area contributed by atoms with Gasteiger partial charge in [0.05, 0.1) is 0 Å². The number of rotatable bonds is 24. The van der Waals surface area contributed by atoms with E-state index >= 15 is 0 Å². The van der Waals surface area contributed by atoms with Crippen LogP contribution in [0.1, 0.15) is 176 Å². The average molecular weight is 1990 g/mol. The zero-order valence-electron chi connectivity index (χ0n) is 53.0. The zero-order valence-corrected chi connectivity index (χ0v) is 69.3. The van der Waals surface area contributed by atoms with Crippen LogP contribution in [0, 0.1) is 20.5 Å². The van der Waals surface area contributed by atoms with Gasteiger partial charge in [-0.15, -0.1) is 20.5 Å². The minimum absolute atomic E-state index is 0. The fourth-order valence-corrected chi connectivity index (χ4v) is 15.5. The molecular formula is C64H84Br8Cl2Co2N8O12. The predicted molar refractivity (Wildman–Crippen MR) is 373 cm³/mol. The first-order valence-corrected chi connectivity index (χ1v) is 40.3. The summed E-state index contributed by atoms with van der Waals surface area (Å²) in [5.41, 5.74) is 2.49. The van der Waals surface area contributed by atoms with Crippen LogP contribution in [0.25, 0.3) is 0 Å². The van der Waals surface area contributed by atoms with E-state index < -0.39 is 20.5 Å². The summed E-state index contributed by atoms with van der Waals surface area (Å²) >= 11 is 26.6. The summed E-state index contributed by atoms with van der Waals surface area (Å²) < 4.78 is 73.7. The number of halogens is 10. The maximum Gasteiger partial charge on any atom is 3.00 e. The molecule has 4 aromatic carbocycles. The molecule has 96 heavy (non-hydrogen) atoms. The minimum atomic E-state index is -4.94. The average Bonchev–Trinajstić information content (AvgIpc) is 1.04. The number of aliphatic imine (C=N–C) groups is 4. The molecule has 0 amide bonds. The van der Waals surface area contributed by atoms with Crippen molar-refractivity contribution < 1.29 is 112 Å². The molecule has 32 heteroatoms. The van der Waals surface area contributed by atoms with Gasteiger partial charge in [-0.25, -0.2) is 37.3 Å². The van der Waals surface area contributed by atoms with Crippen LogP contribution in [0.5, 0.6) is 23.0 Å². The third-order valence-electron chi connectivity index (χ3n) is 15.1. The molecule has 0 unspecified atom stereocenters. The fourth-order valence-electron chi connectivity index (χ4n) is 10.5. The molecule has 0 spiro atoms. The van der Waals surface area contributed by atoms with Gasteiger partial charge in [-0.1, -0.05) is 227 Å². The van der Waals surface area contributed by atoms with Gasteiger partial charge in [-0.2, -0.15) is 0 Å². The normalized spacial score (nSPS) is 15.8. The van der Waals surface area contributed by atoms with Gasteiger partial charge in [0.15, 0.2) is 0 Å². The van der Waals surface area contributed by atoms with Crippen molar-refractivity contribution >= 4 is 152 Å². The standard InChI is InChI=1S/4C16H22Br2N2O.2ClHO4.2Co/c4*17-13-9-12(16(21)15(18)10-13)11-19-7-4-8-20-14-5-2-1-3-6-14;2*2-1(3,4)5;;/h4*9-11,14,20-21H,1-8H2;2*(H,2,3,4,5);;/q;;;;;;2*+3/p-6.